The summed E-state index contributed by atoms with van der Waals surface area (Å²) in [6.45, 7) is 1.47. The molecule has 0 unspecified atom stereocenters. The van der Waals surface area contributed by atoms with Crippen LogP contribution in [0.1, 0.15) is 24.8 Å². The number of hydrogen-bond acceptors (Lipinski definition) is 3. The van der Waals surface area contributed by atoms with E-state index < -0.39 is 5.97 Å². The molecular formula is C19H20NNaO3. The summed E-state index contributed by atoms with van der Waals surface area (Å²) in [5.74, 6) is -0.354. The Morgan fingerprint density at radius 3 is 2.21 bits per heavy atom. The van der Waals surface area contributed by atoms with Gasteiger partial charge >= 0.3 is 29.6 Å². The smallest absolute Gasteiger partial charge is 0.545 e. The normalized spacial score (nSPS) is 22.7. The monoisotopic (exact) mass is 333 g/mol. The van der Waals surface area contributed by atoms with Gasteiger partial charge in [0.25, 0.3) is 0 Å². The fourth-order valence-electron chi connectivity index (χ4n) is 3.43. The number of carbonyl (C=O) groups is 2. The van der Waals surface area contributed by atoms with Gasteiger partial charge in [-0.1, -0.05) is 42.5 Å². The van der Waals surface area contributed by atoms with Crippen LogP contribution >= 0.6 is 0 Å². The van der Waals surface area contributed by atoms with Gasteiger partial charge in [-0.25, -0.2) is 0 Å². The van der Waals surface area contributed by atoms with Crippen LogP contribution in [0.3, 0.4) is 0 Å². The minimum absolute atomic E-state index is 0. The molecular weight excluding hydrogens is 313 g/mol. The Labute approximate surface area is 164 Å². The number of rotatable bonds is 4. The first-order valence-electron chi connectivity index (χ1n) is 8.03. The van der Waals surface area contributed by atoms with Gasteiger partial charge < -0.3 is 14.8 Å². The number of benzene rings is 1. The Morgan fingerprint density at radius 1 is 1.08 bits per heavy atom. The number of amides is 1. The Hall–Kier alpha value is -1.36. The second kappa shape index (κ2) is 8.65. The molecule has 3 rings (SSSR count). The molecule has 0 saturated carbocycles. The zero-order chi connectivity index (χ0) is 16.2. The first-order valence-corrected chi connectivity index (χ1v) is 8.03. The van der Waals surface area contributed by atoms with Crippen molar-refractivity contribution in [2.24, 2.45) is 11.8 Å². The van der Waals surface area contributed by atoms with Crippen molar-refractivity contribution in [3.05, 3.63) is 53.6 Å². The van der Waals surface area contributed by atoms with E-state index in [9.17, 15) is 14.7 Å². The van der Waals surface area contributed by atoms with Crippen molar-refractivity contribution in [3.8, 4) is 0 Å². The topological polar surface area (TPSA) is 60.4 Å². The SMILES string of the molecule is O=C([O-])/C(=C/c1ccccc1)CC(=O)N1C[C@H]2CC=CC[C@H]2C1.[Na+]. The van der Waals surface area contributed by atoms with E-state index in [-0.39, 0.29) is 47.5 Å². The van der Waals surface area contributed by atoms with Gasteiger partial charge in [0.05, 0.1) is 12.4 Å². The summed E-state index contributed by atoms with van der Waals surface area (Å²) in [5.41, 5.74) is 0.799. The number of carbonyl (C=O) groups excluding carboxylic acids is 2. The molecule has 4 nitrogen and oxygen atoms in total. The first kappa shape index (κ1) is 19.0. The molecule has 24 heavy (non-hydrogen) atoms. The molecule has 2 aliphatic rings. The molecule has 1 amide bonds. The minimum atomic E-state index is -1.28. The van der Waals surface area contributed by atoms with E-state index in [1.165, 1.54) is 6.08 Å². The number of hydrogen-bond donors (Lipinski definition) is 0. The van der Waals surface area contributed by atoms with Crippen molar-refractivity contribution in [2.75, 3.05) is 13.1 Å². The molecule has 5 heteroatoms. The fraction of sp³-hybridized carbons (Fsp3) is 0.368. The van der Waals surface area contributed by atoms with Gasteiger partial charge in [-0.3, -0.25) is 4.79 Å². The first-order chi connectivity index (χ1) is 11.1. The predicted octanol–water partition coefficient (Wildman–Crippen LogP) is -1.36. The number of likely N-dealkylation sites (tertiary alicyclic amines) is 1. The molecule has 1 aromatic rings. The van der Waals surface area contributed by atoms with E-state index in [0.29, 0.717) is 11.8 Å². The average Bonchev–Trinajstić information content (AvgIpc) is 2.99. The van der Waals surface area contributed by atoms with Gasteiger partial charge in [0.1, 0.15) is 0 Å². The Bertz CT molecular complexity index is 638. The second-order valence-electron chi connectivity index (χ2n) is 6.31. The molecule has 2 atom stereocenters. The van der Waals surface area contributed by atoms with Crippen molar-refractivity contribution in [1.29, 1.82) is 0 Å². The zero-order valence-electron chi connectivity index (χ0n) is 14.0. The average molecular weight is 333 g/mol. The molecule has 0 N–H and O–H groups in total. The summed E-state index contributed by atoms with van der Waals surface area (Å²) in [6.07, 6.45) is 7.80. The zero-order valence-corrected chi connectivity index (χ0v) is 16.0. The van der Waals surface area contributed by atoms with Crippen LogP contribution in [0, 0.1) is 11.8 Å². The van der Waals surface area contributed by atoms with Crippen molar-refractivity contribution in [1.82, 2.24) is 4.90 Å². The van der Waals surface area contributed by atoms with Crippen LogP contribution in [-0.2, 0) is 9.59 Å². The maximum atomic E-state index is 12.5. The van der Waals surface area contributed by atoms with Crippen molar-refractivity contribution < 1.29 is 44.3 Å². The third kappa shape index (κ3) is 4.59. The van der Waals surface area contributed by atoms with Crippen LogP contribution in [0.25, 0.3) is 6.08 Å². The summed E-state index contributed by atoms with van der Waals surface area (Å²) in [4.78, 5) is 25.6. The standard InChI is InChI=1S/C19H21NO3.Na/c21-18(20-12-15-8-4-5-9-16(15)13-20)11-17(19(22)23)10-14-6-2-1-3-7-14;/h1-7,10,15-16H,8-9,11-13H2,(H,22,23);/q;+1/p-1/b17-10+;/t15-,16+;. The van der Waals surface area contributed by atoms with Crippen molar-refractivity contribution >= 4 is 18.0 Å². The summed E-state index contributed by atoms with van der Waals surface area (Å²) < 4.78 is 0. The van der Waals surface area contributed by atoms with Crippen LogP contribution in [0.4, 0.5) is 0 Å². The van der Waals surface area contributed by atoms with E-state index in [2.05, 4.69) is 12.2 Å². The van der Waals surface area contributed by atoms with Crippen LogP contribution in [0.15, 0.2) is 48.1 Å². The number of carboxylic acid groups (broad SMARTS) is 1. The molecule has 1 aliphatic heterocycles. The molecule has 1 fully saturated rings. The van der Waals surface area contributed by atoms with Gasteiger partial charge in [0.15, 0.2) is 0 Å². The molecule has 0 spiro atoms. The minimum Gasteiger partial charge on any atom is -0.545 e. The number of aliphatic carboxylic acids is 1. The Balaban J connectivity index is 0.00000208. The van der Waals surface area contributed by atoms with Crippen LogP contribution < -0.4 is 34.7 Å². The van der Waals surface area contributed by atoms with Gasteiger partial charge in [0.2, 0.25) is 5.91 Å². The van der Waals surface area contributed by atoms with E-state index in [0.717, 1.165) is 31.5 Å². The van der Waals surface area contributed by atoms with Crippen LogP contribution in [0.5, 0.6) is 0 Å². The van der Waals surface area contributed by atoms with Crippen molar-refractivity contribution in [3.63, 3.8) is 0 Å². The van der Waals surface area contributed by atoms with Gasteiger partial charge in [0, 0.05) is 13.1 Å². The quantitative estimate of drug-likeness (QED) is 0.388. The summed E-state index contributed by atoms with van der Waals surface area (Å²) in [6, 6.07) is 9.14. The fourth-order valence-corrected chi connectivity index (χ4v) is 3.43. The molecule has 1 aliphatic carbocycles. The van der Waals surface area contributed by atoms with Crippen molar-refractivity contribution in [2.45, 2.75) is 19.3 Å². The number of allylic oxidation sites excluding steroid dienone is 2. The molecule has 1 saturated heterocycles. The third-order valence-corrected chi connectivity index (χ3v) is 4.72. The molecule has 1 aromatic carbocycles. The van der Waals surface area contributed by atoms with E-state index in [1.54, 1.807) is 0 Å². The second-order valence-corrected chi connectivity index (χ2v) is 6.31. The third-order valence-electron chi connectivity index (χ3n) is 4.72. The van der Waals surface area contributed by atoms with E-state index >= 15 is 0 Å². The Kier molecular flexibility index (Phi) is 6.84. The maximum absolute atomic E-state index is 12.5. The maximum Gasteiger partial charge on any atom is 1.00 e. The van der Waals surface area contributed by atoms with Gasteiger partial charge in [-0.2, -0.15) is 0 Å². The van der Waals surface area contributed by atoms with Gasteiger partial charge in [-0.05, 0) is 41.9 Å². The molecule has 0 aromatic heterocycles. The van der Waals surface area contributed by atoms with Crippen LogP contribution in [0.2, 0.25) is 0 Å². The molecule has 0 bridgehead atoms. The van der Waals surface area contributed by atoms with Gasteiger partial charge in [-0.15, -0.1) is 0 Å². The summed E-state index contributed by atoms with van der Waals surface area (Å²) in [5, 5.41) is 11.3. The molecule has 0 radical (unpaired) electrons. The summed E-state index contributed by atoms with van der Waals surface area (Å²) in [7, 11) is 0. The van der Waals surface area contributed by atoms with E-state index in [4.69, 9.17) is 0 Å². The number of nitrogens with zero attached hydrogens (tertiary/aromatic N) is 1. The van der Waals surface area contributed by atoms with E-state index in [1.807, 2.05) is 35.2 Å². The van der Waals surface area contributed by atoms with Crippen LogP contribution in [-0.4, -0.2) is 29.9 Å². The summed E-state index contributed by atoms with van der Waals surface area (Å²) >= 11 is 0. The predicted molar refractivity (Wildman–Crippen MR) is 86.0 cm³/mol. The number of carboxylic acids is 1. The molecule has 1 heterocycles. The molecule has 120 valence electrons. The number of fused-ring (bicyclic) bond motifs is 1. The largest absolute Gasteiger partial charge is 1.00 e. The Morgan fingerprint density at radius 2 is 1.67 bits per heavy atom.